The highest BCUT2D eigenvalue weighted by Gasteiger charge is 2.21. The van der Waals surface area contributed by atoms with Crippen LogP contribution >= 0.6 is 0 Å². The number of ether oxygens (including phenoxy) is 1. The smallest absolute Gasteiger partial charge is 0.133 e. The Morgan fingerprint density at radius 2 is 2.44 bits per heavy atom. The second kappa shape index (κ2) is 6.16. The summed E-state index contributed by atoms with van der Waals surface area (Å²) < 4.78 is 5.71. The van der Waals surface area contributed by atoms with E-state index in [2.05, 4.69) is 22.9 Å². The zero-order chi connectivity index (χ0) is 13.0. The zero-order valence-corrected chi connectivity index (χ0v) is 11.3. The number of nitrogens with zero attached hydrogens (tertiary/aromatic N) is 2. The van der Waals surface area contributed by atoms with E-state index in [4.69, 9.17) is 10.5 Å². The molecule has 0 radical (unpaired) electrons. The summed E-state index contributed by atoms with van der Waals surface area (Å²) in [4.78, 5) is 6.78. The summed E-state index contributed by atoms with van der Waals surface area (Å²) >= 11 is 0. The van der Waals surface area contributed by atoms with Crippen molar-refractivity contribution < 1.29 is 4.74 Å². The highest BCUT2D eigenvalue weighted by atomic mass is 16.5. The summed E-state index contributed by atoms with van der Waals surface area (Å²) in [5.41, 5.74) is 7.13. The molecule has 1 aliphatic rings. The third-order valence-corrected chi connectivity index (χ3v) is 3.44. The van der Waals surface area contributed by atoms with Gasteiger partial charge in [0.1, 0.15) is 5.82 Å². The van der Waals surface area contributed by atoms with Gasteiger partial charge < -0.3 is 15.4 Å². The van der Waals surface area contributed by atoms with Crippen molar-refractivity contribution in [3.63, 3.8) is 0 Å². The maximum absolute atomic E-state index is 6.02. The van der Waals surface area contributed by atoms with E-state index >= 15 is 0 Å². The van der Waals surface area contributed by atoms with Crippen LogP contribution in [0.15, 0.2) is 18.3 Å². The number of hydrogen-bond acceptors (Lipinski definition) is 4. The van der Waals surface area contributed by atoms with Gasteiger partial charge in [0.25, 0.3) is 0 Å². The maximum Gasteiger partial charge on any atom is 0.133 e. The summed E-state index contributed by atoms with van der Waals surface area (Å²) in [6.07, 6.45) is 4.49. The monoisotopic (exact) mass is 249 g/mol. The first-order valence-electron chi connectivity index (χ1n) is 6.79. The van der Waals surface area contributed by atoms with Crippen molar-refractivity contribution in [2.75, 3.05) is 24.6 Å². The molecule has 100 valence electrons. The van der Waals surface area contributed by atoms with Crippen LogP contribution in [-0.2, 0) is 4.74 Å². The molecule has 2 N–H and O–H groups in total. The minimum Gasteiger partial charge on any atom is -0.376 e. The lowest BCUT2D eigenvalue weighted by Crippen LogP contribution is -2.33. The van der Waals surface area contributed by atoms with Crippen LogP contribution in [0.3, 0.4) is 0 Å². The fourth-order valence-corrected chi connectivity index (χ4v) is 2.43. The van der Waals surface area contributed by atoms with Crippen LogP contribution < -0.4 is 10.6 Å². The first kappa shape index (κ1) is 13.3. The maximum atomic E-state index is 6.02. The van der Waals surface area contributed by atoms with Crippen LogP contribution in [0.5, 0.6) is 0 Å². The van der Waals surface area contributed by atoms with Gasteiger partial charge in [0.15, 0.2) is 0 Å². The van der Waals surface area contributed by atoms with Crippen LogP contribution in [0.1, 0.15) is 38.3 Å². The molecular formula is C14H23N3O. The topological polar surface area (TPSA) is 51.4 Å². The van der Waals surface area contributed by atoms with Gasteiger partial charge in [0, 0.05) is 37.5 Å². The van der Waals surface area contributed by atoms with Gasteiger partial charge in [0.05, 0.1) is 6.10 Å². The van der Waals surface area contributed by atoms with Crippen molar-refractivity contribution in [3.05, 3.63) is 23.9 Å². The standard InChI is InChI=1S/C14H23N3O/c1-3-17(10-12-6-5-9-18-12)14-13(11(2)15)7-4-8-16-14/h4,7-8,11-12H,3,5-6,9-10,15H2,1-2H3/t11-,12?/m0/s1. The molecule has 0 saturated carbocycles. The highest BCUT2D eigenvalue weighted by Crippen LogP contribution is 2.24. The third-order valence-electron chi connectivity index (χ3n) is 3.44. The quantitative estimate of drug-likeness (QED) is 0.868. The molecule has 4 nitrogen and oxygen atoms in total. The average Bonchev–Trinajstić information content (AvgIpc) is 2.88. The number of anilines is 1. The van der Waals surface area contributed by atoms with Gasteiger partial charge in [-0.2, -0.15) is 0 Å². The van der Waals surface area contributed by atoms with E-state index in [1.807, 2.05) is 19.2 Å². The Balaban J connectivity index is 2.15. The molecule has 1 saturated heterocycles. The molecule has 1 aromatic heterocycles. The van der Waals surface area contributed by atoms with Gasteiger partial charge in [-0.3, -0.25) is 0 Å². The summed E-state index contributed by atoms with van der Waals surface area (Å²) in [6.45, 7) is 6.88. The van der Waals surface area contributed by atoms with Crippen molar-refractivity contribution in [3.8, 4) is 0 Å². The molecule has 18 heavy (non-hydrogen) atoms. The number of rotatable bonds is 5. The minimum atomic E-state index is 0.00671. The molecule has 1 aliphatic heterocycles. The summed E-state index contributed by atoms with van der Waals surface area (Å²) in [7, 11) is 0. The molecule has 0 spiro atoms. The number of likely N-dealkylation sites (N-methyl/N-ethyl adjacent to an activating group) is 1. The molecule has 2 rings (SSSR count). The fourth-order valence-electron chi connectivity index (χ4n) is 2.43. The lowest BCUT2D eigenvalue weighted by molar-refractivity contribution is 0.115. The Morgan fingerprint density at radius 1 is 1.61 bits per heavy atom. The Hall–Kier alpha value is -1.13. The van der Waals surface area contributed by atoms with E-state index in [-0.39, 0.29) is 6.04 Å². The molecule has 0 bridgehead atoms. The third kappa shape index (κ3) is 3.00. The minimum absolute atomic E-state index is 0.00671. The fraction of sp³-hybridized carbons (Fsp3) is 0.643. The van der Waals surface area contributed by atoms with Crippen LogP contribution in [0, 0.1) is 0 Å². The number of hydrogen-bond donors (Lipinski definition) is 1. The van der Waals surface area contributed by atoms with Crippen molar-refractivity contribution in [2.45, 2.75) is 38.8 Å². The van der Waals surface area contributed by atoms with Gasteiger partial charge in [-0.1, -0.05) is 6.07 Å². The van der Waals surface area contributed by atoms with E-state index in [9.17, 15) is 0 Å². The van der Waals surface area contributed by atoms with Crippen LogP contribution in [0.25, 0.3) is 0 Å². The predicted octanol–water partition coefficient (Wildman–Crippen LogP) is 2.11. The second-order valence-corrected chi connectivity index (χ2v) is 4.88. The Labute approximate surface area is 109 Å². The SMILES string of the molecule is CCN(CC1CCCO1)c1ncccc1[C@H](C)N. The normalized spacial score (nSPS) is 20.9. The molecule has 0 aromatic carbocycles. The van der Waals surface area contributed by atoms with Crippen molar-refractivity contribution in [1.82, 2.24) is 4.98 Å². The van der Waals surface area contributed by atoms with Gasteiger partial charge in [0.2, 0.25) is 0 Å². The number of nitrogens with two attached hydrogens (primary N) is 1. The molecule has 2 atom stereocenters. The summed E-state index contributed by atoms with van der Waals surface area (Å²) in [6, 6.07) is 4.01. The molecule has 2 heterocycles. The predicted molar refractivity (Wildman–Crippen MR) is 73.7 cm³/mol. The van der Waals surface area contributed by atoms with Crippen molar-refractivity contribution in [2.24, 2.45) is 5.73 Å². The van der Waals surface area contributed by atoms with Gasteiger partial charge >= 0.3 is 0 Å². The van der Waals surface area contributed by atoms with E-state index in [1.54, 1.807) is 0 Å². The lowest BCUT2D eigenvalue weighted by Gasteiger charge is -2.27. The van der Waals surface area contributed by atoms with Crippen molar-refractivity contribution in [1.29, 1.82) is 0 Å². The summed E-state index contributed by atoms with van der Waals surface area (Å²) in [5, 5.41) is 0. The molecule has 0 aliphatic carbocycles. The van der Waals surface area contributed by atoms with E-state index < -0.39 is 0 Å². The molecule has 4 heteroatoms. The van der Waals surface area contributed by atoms with Crippen LogP contribution in [0.2, 0.25) is 0 Å². The van der Waals surface area contributed by atoms with Gasteiger partial charge in [-0.25, -0.2) is 4.98 Å². The highest BCUT2D eigenvalue weighted by molar-refractivity contribution is 5.48. The number of pyridine rings is 1. The zero-order valence-electron chi connectivity index (χ0n) is 11.3. The van der Waals surface area contributed by atoms with Crippen LogP contribution in [0.4, 0.5) is 5.82 Å². The van der Waals surface area contributed by atoms with E-state index in [0.717, 1.165) is 37.5 Å². The second-order valence-electron chi connectivity index (χ2n) is 4.88. The van der Waals surface area contributed by atoms with E-state index in [0.29, 0.717) is 6.10 Å². The molecular weight excluding hydrogens is 226 g/mol. The first-order chi connectivity index (χ1) is 8.72. The molecule has 0 amide bonds. The molecule has 1 unspecified atom stereocenters. The lowest BCUT2D eigenvalue weighted by atomic mass is 10.1. The van der Waals surface area contributed by atoms with E-state index in [1.165, 1.54) is 6.42 Å². The van der Waals surface area contributed by atoms with Gasteiger partial charge in [-0.05, 0) is 32.8 Å². The Morgan fingerprint density at radius 3 is 3.06 bits per heavy atom. The molecule has 1 fully saturated rings. The Kier molecular flexibility index (Phi) is 4.55. The average molecular weight is 249 g/mol. The summed E-state index contributed by atoms with van der Waals surface area (Å²) in [5.74, 6) is 1.01. The van der Waals surface area contributed by atoms with Gasteiger partial charge in [-0.15, -0.1) is 0 Å². The Bertz CT molecular complexity index is 375. The molecule has 1 aromatic rings. The van der Waals surface area contributed by atoms with Crippen LogP contribution in [-0.4, -0.2) is 30.8 Å². The number of aromatic nitrogens is 1. The first-order valence-corrected chi connectivity index (χ1v) is 6.79. The largest absolute Gasteiger partial charge is 0.376 e. The van der Waals surface area contributed by atoms with Crippen molar-refractivity contribution >= 4 is 5.82 Å².